The van der Waals surface area contributed by atoms with Gasteiger partial charge in [0, 0.05) is 16.7 Å². The minimum atomic E-state index is 0.00411. The Morgan fingerprint density at radius 1 is 1.15 bits per heavy atom. The zero-order valence-electron chi connectivity index (χ0n) is 12.4. The molecule has 0 amide bonds. The van der Waals surface area contributed by atoms with E-state index in [1.807, 2.05) is 0 Å². The molecule has 0 heterocycles. The molecule has 1 aromatic rings. The van der Waals surface area contributed by atoms with E-state index in [4.69, 9.17) is 15.2 Å². The second-order valence-corrected chi connectivity index (χ2v) is 6.84. The first-order chi connectivity index (χ1) is 9.65. The zero-order chi connectivity index (χ0) is 13.9. The molecule has 2 atom stereocenters. The molecule has 2 saturated carbocycles. The van der Waals surface area contributed by atoms with Crippen molar-refractivity contribution in [2.24, 2.45) is 5.73 Å². The fraction of sp³-hybridized carbons (Fsp3) is 0.647. The molecule has 0 saturated heterocycles. The molecule has 108 valence electrons. The third-order valence-electron chi connectivity index (χ3n) is 5.51. The predicted molar refractivity (Wildman–Crippen MR) is 78.7 cm³/mol. The molecule has 0 radical (unpaired) electrons. The lowest BCUT2D eigenvalue weighted by atomic mass is 9.87. The van der Waals surface area contributed by atoms with E-state index in [0.717, 1.165) is 30.8 Å². The summed E-state index contributed by atoms with van der Waals surface area (Å²) in [6.45, 7) is 0. The van der Waals surface area contributed by atoms with Crippen LogP contribution in [0.1, 0.15) is 60.6 Å². The summed E-state index contributed by atoms with van der Waals surface area (Å²) in [6, 6.07) is 2.19. The molecule has 2 fully saturated rings. The van der Waals surface area contributed by atoms with Crippen LogP contribution in [-0.2, 0) is 6.42 Å². The minimum Gasteiger partial charge on any atom is -0.496 e. The molecule has 2 N–H and O–H groups in total. The number of nitrogens with two attached hydrogens (primary N) is 1. The maximum absolute atomic E-state index is 6.32. The van der Waals surface area contributed by atoms with Gasteiger partial charge >= 0.3 is 0 Å². The lowest BCUT2D eigenvalue weighted by Crippen LogP contribution is -2.25. The SMILES string of the molecule is COc1cc(CC2(N)CC2)c(OC)c2c1C1CCC2C1. The Morgan fingerprint density at radius 2 is 1.85 bits per heavy atom. The van der Waals surface area contributed by atoms with Crippen LogP contribution in [0.2, 0.25) is 0 Å². The van der Waals surface area contributed by atoms with E-state index in [1.165, 1.54) is 36.0 Å². The highest BCUT2D eigenvalue weighted by Gasteiger charge is 2.44. The molecule has 2 unspecified atom stereocenters. The molecule has 1 aromatic carbocycles. The first kappa shape index (κ1) is 12.5. The Morgan fingerprint density at radius 3 is 2.45 bits per heavy atom. The third kappa shape index (κ3) is 1.69. The Bertz CT molecular complexity index is 563. The van der Waals surface area contributed by atoms with Crippen LogP contribution < -0.4 is 15.2 Å². The number of benzene rings is 1. The molecular weight excluding hydrogens is 250 g/mol. The van der Waals surface area contributed by atoms with Crippen molar-refractivity contribution in [1.29, 1.82) is 0 Å². The van der Waals surface area contributed by atoms with Gasteiger partial charge in [0.2, 0.25) is 0 Å². The molecule has 3 nitrogen and oxygen atoms in total. The number of fused-ring (bicyclic) bond motifs is 5. The monoisotopic (exact) mass is 273 g/mol. The fourth-order valence-electron chi connectivity index (χ4n) is 4.32. The number of rotatable bonds is 4. The van der Waals surface area contributed by atoms with Gasteiger partial charge in [-0.2, -0.15) is 0 Å². The van der Waals surface area contributed by atoms with E-state index in [1.54, 1.807) is 14.2 Å². The minimum absolute atomic E-state index is 0.00411. The van der Waals surface area contributed by atoms with Crippen molar-refractivity contribution in [1.82, 2.24) is 0 Å². The van der Waals surface area contributed by atoms with Crippen LogP contribution in [0.3, 0.4) is 0 Å². The van der Waals surface area contributed by atoms with Crippen molar-refractivity contribution in [2.45, 2.75) is 55.9 Å². The average Bonchev–Trinajstić information content (AvgIpc) is 2.90. The van der Waals surface area contributed by atoms with Gasteiger partial charge in [-0.05, 0) is 62.0 Å². The highest BCUT2D eigenvalue weighted by Crippen LogP contribution is 2.59. The largest absolute Gasteiger partial charge is 0.496 e. The molecule has 0 aromatic heterocycles. The van der Waals surface area contributed by atoms with Crippen molar-refractivity contribution in [3.05, 3.63) is 22.8 Å². The maximum atomic E-state index is 6.32. The second-order valence-electron chi connectivity index (χ2n) is 6.84. The summed E-state index contributed by atoms with van der Waals surface area (Å²) < 4.78 is 11.5. The van der Waals surface area contributed by atoms with Gasteiger partial charge in [-0.1, -0.05) is 0 Å². The number of hydrogen-bond acceptors (Lipinski definition) is 3. The molecule has 20 heavy (non-hydrogen) atoms. The van der Waals surface area contributed by atoms with Gasteiger partial charge in [-0.15, -0.1) is 0 Å². The van der Waals surface area contributed by atoms with Crippen molar-refractivity contribution in [2.75, 3.05) is 14.2 Å². The van der Waals surface area contributed by atoms with E-state index >= 15 is 0 Å². The highest BCUT2D eigenvalue weighted by atomic mass is 16.5. The first-order valence-corrected chi connectivity index (χ1v) is 7.72. The third-order valence-corrected chi connectivity index (χ3v) is 5.51. The molecule has 3 aliphatic rings. The van der Waals surface area contributed by atoms with Crippen LogP contribution in [0.25, 0.3) is 0 Å². The summed E-state index contributed by atoms with van der Waals surface area (Å²) in [7, 11) is 3.58. The van der Waals surface area contributed by atoms with E-state index < -0.39 is 0 Å². The van der Waals surface area contributed by atoms with Crippen LogP contribution in [0.4, 0.5) is 0 Å². The molecular formula is C17H23NO2. The molecule has 0 aliphatic heterocycles. The predicted octanol–water partition coefficient (Wildman–Crippen LogP) is 3.10. The quantitative estimate of drug-likeness (QED) is 0.916. The van der Waals surface area contributed by atoms with E-state index in [0.29, 0.717) is 11.8 Å². The molecule has 2 bridgehead atoms. The normalized spacial score (nSPS) is 28.4. The van der Waals surface area contributed by atoms with Crippen molar-refractivity contribution >= 4 is 0 Å². The van der Waals surface area contributed by atoms with Gasteiger partial charge in [-0.25, -0.2) is 0 Å². The maximum Gasteiger partial charge on any atom is 0.126 e. The summed E-state index contributed by atoms with van der Waals surface area (Å²) in [5.41, 5.74) is 10.4. The van der Waals surface area contributed by atoms with Crippen LogP contribution in [0.15, 0.2) is 6.07 Å². The van der Waals surface area contributed by atoms with Gasteiger partial charge in [-0.3, -0.25) is 0 Å². The van der Waals surface area contributed by atoms with Crippen molar-refractivity contribution in [3.63, 3.8) is 0 Å². The Hall–Kier alpha value is -1.22. The number of hydrogen-bond donors (Lipinski definition) is 1. The Balaban J connectivity index is 1.86. The topological polar surface area (TPSA) is 44.5 Å². The molecule has 3 aliphatic carbocycles. The van der Waals surface area contributed by atoms with Gasteiger partial charge in [0.05, 0.1) is 14.2 Å². The molecule has 3 heteroatoms. The number of ether oxygens (including phenoxy) is 2. The average molecular weight is 273 g/mol. The summed E-state index contributed by atoms with van der Waals surface area (Å²) in [5.74, 6) is 3.52. The number of methoxy groups -OCH3 is 2. The van der Waals surface area contributed by atoms with Crippen molar-refractivity contribution < 1.29 is 9.47 Å². The van der Waals surface area contributed by atoms with Gasteiger partial charge in [0.1, 0.15) is 11.5 Å². The standard InChI is InChI=1S/C17H23NO2/c1-19-13-8-12(9-17(18)5-6-17)16(20-2)15-11-4-3-10(7-11)14(13)15/h8,10-11H,3-7,9,18H2,1-2H3. The summed E-state index contributed by atoms with van der Waals surface area (Å²) in [5, 5.41) is 0. The van der Waals surface area contributed by atoms with Gasteiger partial charge < -0.3 is 15.2 Å². The lowest BCUT2D eigenvalue weighted by Gasteiger charge is -2.24. The summed E-state index contributed by atoms with van der Waals surface area (Å²) in [6.07, 6.45) is 7.05. The smallest absolute Gasteiger partial charge is 0.126 e. The Labute approximate surface area is 120 Å². The first-order valence-electron chi connectivity index (χ1n) is 7.72. The van der Waals surface area contributed by atoms with Crippen LogP contribution in [0.5, 0.6) is 11.5 Å². The second kappa shape index (κ2) is 4.14. The molecule has 4 rings (SSSR count). The summed E-state index contributed by atoms with van der Waals surface area (Å²) in [4.78, 5) is 0. The lowest BCUT2D eigenvalue weighted by molar-refractivity contribution is 0.385. The fourth-order valence-corrected chi connectivity index (χ4v) is 4.32. The van der Waals surface area contributed by atoms with E-state index in [9.17, 15) is 0 Å². The molecule has 0 spiro atoms. The summed E-state index contributed by atoms with van der Waals surface area (Å²) >= 11 is 0. The highest BCUT2D eigenvalue weighted by molar-refractivity contribution is 5.61. The zero-order valence-corrected chi connectivity index (χ0v) is 12.4. The van der Waals surface area contributed by atoms with Crippen molar-refractivity contribution in [3.8, 4) is 11.5 Å². The van der Waals surface area contributed by atoms with Crippen LogP contribution in [-0.4, -0.2) is 19.8 Å². The van der Waals surface area contributed by atoms with Gasteiger partial charge in [0.25, 0.3) is 0 Å². The van der Waals surface area contributed by atoms with E-state index in [2.05, 4.69) is 6.07 Å². The van der Waals surface area contributed by atoms with Gasteiger partial charge in [0.15, 0.2) is 0 Å². The Kier molecular flexibility index (Phi) is 2.59. The van der Waals surface area contributed by atoms with Crippen LogP contribution >= 0.6 is 0 Å². The van der Waals surface area contributed by atoms with E-state index in [-0.39, 0.29) is 5.54 Å². The van der Waals surface area contributed by atoms with Crippen LogP contribution in [0, 0.1) is 0 Å².